The van der Waals surface area contributed by atoms with E-state index in [-0.39, 0.29) is 6.04 Å². The molecule has 2 atom stereocenters. The molecule has 3 rings (SSSR count). The fraction of sp³-hybridized carbons (Fsp3) is 0.786. The summed E-state index contributed by atoms with van der Waals surface area (Å²) in [6.07, 6.45) is 9.62. The molecule has 0 radical (unpaired) electrons. The molecule has 2 aliphatic rings. The maximum atomic E-state index is 6.09. The van der Waals surface area contributed by atoms with E-state index in [2.05, 4.69) is 9.97 Å². The summed E-state index contributed by atoms with van der Waals surface area (Å²) in [6.45, 7) is 0.935. The van der Waals surface area contributed by atoms with Gasteiger partial charge in [-0.2, -0.15) is 0 Å². The lowest BCUT2D eigenvalue weighted by molar-refractivity contribution is 0.0112. The van der Waals surface area contributed by atoms with Crippen molar-refractivity contribution in [1.82, 2.24) is 9.97 Å². The van der Waals surface area contributed by atoms with E-state index in [1.807, 2.05) is 0 Å². The van der Waals surface area contributed by atoms with Gasteiger partial charge < -0.3 is 15.5 Å². The van der Waals surface area contributed by atoms with E-state index in [4.69, 9.17) is 10.5 Å². The van der Waals surface area contributed by atoms with E-state index < -0.39 is 0 Å². The number of nitrogens with zero attached hydrogens (tertiary/aromatic N) is 1. The Kier molecular flexibility index (Phi) is 3.66. The van der Waals surface area contributed by atoms with Crippen molar-refractivity contribution in [3.8, 4) is 0 Å². The van der Waals surface area contributed by atoms with Crippen LogP contribution in [0.4, 0.5) is 0 Å². The Morgan fingerprint density at radius 1 is 1.28 bits per heavy atom. The second-order valence-electron chi connectivity index (χ2n) is 5.57. The summed E-state index contributed by atoms with van der Waals surface area (Å²) in [5.41, 5.74) is 8.47. The van der Waals surface area contributed by atoms with Crippen LogP contribution in [0.2, 0.25) is 0 Å². The summed E-state index contributed by atoms with van der Waals surface area (Å²) in [7, 11) is 0. The number of nitrogens with one attached hydrogen (secondary N) is 1. The van der Waals surface area contributed by atoms with Crippen molar-refractivity contribution >= 4 is 0 Å². The monoisotopic (exact) mass is 249 g/mol. The second-order valence-corrected chi connectivity index (χ2v) is 5.57. The van der Waals surface area contributed by atoms with Gasteiger partial charge in [0, 0.05) is 24.8 Å². The number of aryl methyl sites for hydroxylation is 2. The van der Waals surface area contributed by atoms with Crippen molar-refractivity contribution in [1.29, 1.82) is 0 Å². The molecule has 0 amide bonds. The summed E-state index contributed by atoms with van der Waals surface area (Å²) >= 11 is 0. The Labute approximate surface area is 108 Å². The van der Waals surface area contributed by atoms with E-state index in [0.29, 0.717) is 6.10 Å². The highest BCUT2D eigenvalue weighted by Gasteiger charge is 2.21. The van der Waals surface area contributed by atoms with Gasteiger partial charge in [-0.25, -0.2) is 4.98 Å². The molecule has 0 bridgehead atoms. The van der Waals surface area contributed by atoms with Crippen molar-refractivity contribution in [2.75, 3.05) is 6.61 Å². The minimum atomic E-state index is 0.143. The van der Waals surface area contributed by atoms with E-state index in [1.165, 1.54) is 31.4 Å². The number of imidazole rings is 1. The molecule has 1 aromatic heterocycles. The van der Waals surface area contributed by atoms with Gasteiger partial charge in [0.1, 0.15) is 5.82 Å². The molecule has 0 aromatic carbocycles. The average molecular weight is 249 g/mol. The maximum Gasteiger partial charge on any atom is 0.106 e. The van der Waals surface area contributed by atoms with Gasteiger partial charge >= 0.3 is 0 Å². The molecule has 0 spiro atoms. The number of hydrogen-bond acceptors (Lipinski definition) is 3. The maximum absolute atomic E-state index is 6.09. The smallest absolute Gasteiger partial charge is 0.106 e. The molecule has 4 nitrogen and oxygen atoms in total. The lowest BCUT2D eigenvalue weighted by Crippen LogP contribution is -2.19. The number of aromatic amines is 1. The first-order valence-corrected chi connectivity index (χ1v) is 7.28. The SMILES string of the molecule is NC1CCCc2[nH]c(CCC3CCCCO3)nc21. The summed E-state index contributed by atoms with van der Waals surface area (Å²) in [4.78, 5) is 8.14. The fourth-order valence-corrected chi connectivity index (χ4v) is 3.06. The number of fused-ring (bicyclic) bond motifs is 1. The van der Waals surface area contributed by atoms with Crippen LogP contribution in [0.15, 0.2) is 0 Å². The molecule has 1 fully saturated rings. The Hall–Kier alpha value is -0.870. The Morgan fingerprint density at radius 2 is 2.22 bits per heavy atom. The van der Waals surface area contributed by atoms with Crippen LogP contribution in [-0.2, 0) is 17.6 Å². The third-order valence-corrected chi connectivity index (χ3v) is 4.13. The summed E-state index contributed by atoms with van der Waals surface area (Å²) < 4.78 is 5.76. The molecule has 1 aromatic rings. The molecule has 1 aliphatic heterocycles. The predicted octanol–water partition coefficient (Wildman–Crippen LogP) is 2.25. The molecule has 3 N–H and O–H groups in total. The molecule has 2 unspecified atom stereocenters. The average Bonchev–Trinajstić information content (AvgIpc) is 2.82. The van der Waals surface area contributed by atoms with Gasteiger partial charge in [0.25, 0.3) is 0 Å². The molecule has 18 heavy (non-hydrogen) atoms. The molecule has 4 heteroatoms. The molecule has 2 heterocycles. The number of nitrogens with two attached hydrogens (primary N) is 1. The first kappa shape index (κ1) is 12.2. The third kappa shape index (κ3) is 2.59. The molecular weight excluding hydrogens is 226 g/mol. The normalized spacial score (nSPS) is 28.1. The number of H-pyrrole nitrogens is 1. The highest BCUT2D eigenvalue weighted by Crippen LogP contribution is 2.26. The zero-order valence-corrected chi connectivity index (χ0v) is 11.0. The zero-order valence-electron chi connectivity index (χ0n) is 11.0. The second kappa shape index (κ2) is 5.41. The quantitative estimate of drug-likeness (QED) is 0.863. The van der Waals surface area contributed by atoms with Gasteiger partial charge in [-0.05, 0) is 44.9 Å². The van der Waals surface area contributed by atoms with Crippen LogP contribution >= 0.6 is 0 Å². The standard InChI is InChI=1S/C14H23N3O/c15-11-5-3-6-12-14(11)17-13(16-12)8-7-10-4-1-2-9-18-10/h10-11H,1-9,15H2,(H,16,17). The van der Waals surface area contributed by atoms with E-state index in [1.54, 1.807) is 0 Å². The number of aromatic nitrogens is 2. The highest BCUT2D eigenvalue weighted by atomic mass is 16.5. The Bertz CT molecular complexity index is 396. The summed E-state index contributed by atoms with van der Waals surface area (Å²) in [6, 6.07) is 0.143. The summed E-state index contributed by atoms with van der Waals surface area (Å²) in [5, 5.41) is 0. The third-order valence-electron chi connectivity index (χ3n) is 4.13. The van der Waals surface area contributed by atoms with Gasteiger partial charge in [0.2, 0.25) is 0 Å². The Balaban J connectivity index is 1.59. The van der Waals surface area contributed by atoms with Crippen molar-refractivity contribution in [3.05, 3.63) is 17.2 Å². The summed E-state index contributed by atoms with van der Waals surface area (Å²) in [5.74, 6) is 1.10. The lowest BCUT2D eigenvalue weighted by atomic mass is 9.97. The van der Waals surface area contributed by atoms with Crippen LogP contribution in [0, 0.1) is 0 Å². The Morgan fingerprint density at radius 3 is 3.00 bits per heavy atom. The number of hydrogen-bond donors (Lipinski definition) is 2. The lowest BCUT2D eigenvalue weighted by Gasteiger charge is -2.21. The van der Waals surface area contributed by atoms with Crippen LogP contribution in [0.3, 0.4) is 0 Å². The van der Waals surface area contributed by atoms with Crippen molar-refractivity contribution in [2.45, 2.75) is 63.5 Å². The van der Waals surface area contributed by atoms with Crippen molar-refractivity contribution < 1.29 is 4.74 Å². The minimum absolute atomic E-state index is 0.143. The van der Waals surface area contributed by atoms with Gasteiger partial charge in [0.05, 0.1) is 11.8 Å². The molecule has 100 valence electrons. The fourth-order valence-electron chi connectivity index (χ4n) is 3.06. The van der Waals surface area contributed by atoms with Crippen LogP contribution in [0.5, 0.6) is 0 Å². The number of ether oxygens (including phenoxy) is 1. The van der Waals surface area contributed by atoms with Crippen LogP contribution < -0.4 is 5.73 Å². The van der Waals surface area contributed by atoms with Gasteiger partial charge in [0.15, 0.2) is 0 Å². The van der Waals surface area contributed by atoms with Gasteiger partial charge in [-0.15, -0.1) is 0 Å². The largest absolute Gasteiger partial charge is 0.378 e. The van der Waals surface area contributed by atoms with Crippen LogP contribution in [0.1, 0.15) is 61.8 Å². The first-order valence-electron chi connectivity index (χ1n) is 7.28. The molecular formula is C14H23N3O. The molecule has 0 saturated carbocycles. The topological polar surface area (TPSA) is 63.9 Å². The van der Waals surface area contributed by atoms with Crippen LogP contribution in [0.25, 0.3) is 0 Å². The van der Waals surface area contributed by atoms with Crippen molar-refractivity contribution in [2.24, 2.45) is 5.73 Å². The molecule has 1 saturated heterocycles. The van der Waals surface area contributed by atoms with Crippen LogP contribution in [-0.4, -0.2) is 22.7 Å². The highest BCUT2D eigenvalue weighted by molar-refractivity contribution is 5.21. The minimum Gasteiger partial charge on any atom is -0.378 e. The molecule has 1 aliphatic carbocycles. The zero-order chi connectivity index (χ0) is 12.4. The van der Waals surface area contributed by atoms with E-state index in [0.717, 1.165) is 43.8 Å². The van der Waals surface area contributed by atoms with E-state index >= 15 is 0 Å². The predicted molar refractivity (Wildman–Crippen MR) is 70.4 cm³/mol. The first-order chi connectivity index (χ1) is 8.83. The van der Waals surface area contributed by atoms with Gasteiger partial charge in [-0.1, -0.05) is 0 Å². The van der Waals surface area contributed by atoms with Gasteiger partial charge in [-0.3, -0.25) is 0 Å². The van der Waals surface area contributed by atoms with E-state index in [9.17, 15) is 0 Å². The number of rotatable bonds is 3. The van der Waals surface area contributed by atoms with Crippen molar-refractivity contribution in [3.63, 3.8) is 0 Å².